The number of hydrogen-bond donors (Lipinski definition) is 1. The third kappa shape index (κ3) is 5.07. The molecule has 0 saturated carbocycles. The van der Waals surface area contributed by atoms with Gasteiger partial charge in [0.1, 0.15) is 5.60 Å². The van der Waals surface area contributed by atoms with Gasteiger partial charge < -0.3 is 15.2 Å². The fraction of sp³-hybridized carbons (Fsp3) is 0.769. The molecule has 0 fully saturated rings. The van der Waals surface area contributed by atoms with Crippen molar-refractivity contribution in [3.63, 3.8) is 0 Å². The molecule has 0 bridgehead atoms. The second-order valence-corrected chi connectivity index (χ2v) is 5.70. The van der Waals surface area contributed by atoms with Gasteiger partial charge in [-0.05, 0) is 33.6 Å². The Morgan fingerprint density at radius 1 is 1.45 bits per heavy atom. The second-order valence-electron chi connectivity index (χ2n) is 5.70. The smallest absolute Gasteiger partial charge is 0.417 e. The van der Waals surface area contributed by atoms with Crippen LogP contribution in [0.25, 0.3) is 0 Å². The van der Waals surface area contributed by atoms with Gasteiger partial charge in [-0.2, -0.15) is 0 Å². The number of carbonyl (C=O) groups excluding carboxylic acids is 2. The van der Waals surface area contributed by atoms with Crippen LogP contribution in [0.3, 0.4) is 0 Å². The van der Waals surface area contributed by atoms with Crippen LogP contribution in [0.5, 0.6) is 0 Å². The predicted molar refractivity (Wildman–Crippen MR) is 74.2 cm³/mol. The molecule has 1 rings (SSSR count). The Morgan fingerprint density at radius 2 is 2.10 bits per heavy atom. The van der Waals surface area contributed by atoms with Crippen molar-refractivity contribution in [1.29, 1.82) is 0 Å². The van der Waals surface area contributed by atoms with Crippen LogP contribution in [-0.2, 0) is 14.3 Å². The highest BCUT2D eigenvalue weighted by molar-refractivity contribution is 5.94. The highest BCUT2D eigenvalue weighted by Gasteiger charge is 2.31. The Hall–Kier alpha value is -1.79. The molecule has 0 aliphatic carbocycles. The van der Waals surface area contributed by atoms with Gasteiger partial charge in [0.25, 0.3) is 0 Å². The summed E-state index contributed by atoms with van der Waals surface area (Å²) in [5, 5.41) is 0. The molecular formula is C13H23N3O4. The number of nitrogens with two attached hydrogens (primary N) is 1. The third-order valence-electron chi connectivity index (χ3n) is 2.74. The molecule has 1 aliphatic heterocycles. The average Bonchev–Trinajstić information content (AvgIpc) is 2.68. The van der Waals surface area contributed by atoms with Crippen molar-refractivity contribution in [2.24, 2.45) is 10.7 Å². The maximum atomic E-state index is 11.9. The van der Waals surface area contributed by atoms with Gasteiger partial charge in [0, 0.05) is 6.42 Å². The van der Waals surface area contributed by atoms with Gasteiger partial charge in [0.05, 0.1) is 19.7 Å². The van der Waals surface area contributed by atoms with Crippen molar-refractivity contribution in [3.8, 4) is 0 Å². The van der Waals surface area contributed by atoms with Gasteiger partial charge in [0.2, 0.25) is 5.96 Å². The first-order valence-corrected chi connectivity index (χ1v) is 6.63. The van der Waals surface area contributed by atoms with E-state index in [9.17, 15) is 9.59 Å². The Kier molecular flexibility index (Phi) is 5.35. The van der Waals surface area contributed by atoms with Crippen LogP contribution in [0.4, 0.5) is 4.79 Å². The molecule has 1 atom stereocenters. The SMILES string of the molecule is COC(=O)CCCC1CN(C(=O)OC(C)(C)C)C(N)=N1. The first-order chi connectivity index (χ1) is 9.23. The Labute approximate surface area is 119 Å². The lowest BCUT2D eigenvalue weighted by molar-refractivity contribution is -0.140. The fourth-order valence-electron chi connectivity index (χ4n) is 1.83. The molecule has 20 heavy (non-hydrogen) atoms. The van der Waals surface area contributed by atoms with E-state index in [1.165, 1.54) is 12.0 Å². The van der Waals surface area contributed by atoms with Crippen LogP contribution in [0.15, 0.2) is 4.99 Å². The summed E-state index contributed by atoms with van der Waals surface area (Å²) in [6.45, 7) is 5.77. The minimum absolute atomic E-state index is 0.0906. The van der Waals surface area contributed by atoms with Crippen molar-refractivity contribution in [3.05, 3.63) is 0 Å². The molecule has 0 aromatic rings. The largest absolute Gasteiger partial charge is 0.469 e. The molecule has 1 unspecified atom stereocenters. The maximum absolute atomic E-state index is 11.9. The molecule has 0 saturated heterocycles. The van der Waals surface area contributed by atoms with Gasteiger partial charge in [-0.3, -0.25) is 4.79 Å². The summed E-state index contributed by atoms with van der Waals surface area (Å²) < 4.78 is 9.82. The molecule has 0 aromatic heterocycles. The fourth-order valence-corrected chi connectivity index (χ4v) is 1.83. The molecule has 114 valence electrons. The summed E-state index contributed by atoms with van der Waals surface area (Å²) in [7, 11) is 1.36. The van der Waals surface area contributed by atoms with Gasteiger partial charge in [0.15, 0.2) is 0 Å². The van der Waals surface area contributed by atoms with Crippen LogP contribution in [0.2, 0.25) is 0 Å². The van der Waals surface area contributed by atoms with Crippen LogP contribution in [-0.4, -0.2) is 48.2 Å². The number of rotatable bonds is 4. The summed E-state index contributed by atoms with van der Waals surface area (Å²) in [5.74, 6) is -0.0775. The first kappa shape index (κ1) is 16.3. The molecule has 1 aliphatic rings. The number of guanidine groups is 1. The van der Waals surface area contributed by atoms with Crippen molar-refractivity contribution in [2.45, 2.75) is 51.7 Å². The maximum Gasteiger partial charge on any atom is 0.417 e. The standard InChI is InChI=1S/C13H23N3O4/c1-13(2,3)20-12(18)16-8-9(15-11(16)14)6-5-7-10(17)19-4/h9H,5-8H2,1-4H3,(H2,14,15). The summed E-state index contributed by atoms with van der Waals surface area (Å²) in [6, 6.07) is -0.0906. The van der Waals surface area contributed by atoms with E-state index in [0.29, 0.717) is 25.8 Å². The lowest BCUT2D eigenvalue weighted by Gasteiger charge is -2.24. The van der Waals surface area contributed by atoms with E-state index < -0.39 is 11.7 Å². The average molecular weight is 285 g/mol. The van der Waals surface area contributed by atoms with E-state index >= 15 is 0 Å². The molecule has 7 heteroatoms. The Balaban J connectivity index is 2.43. The van der Waals surface area contributed by atoms with E-state index in [0.717, 1.165) is 0 Å². The summed E-state index contributed by atoms with van der Waals surface area (Å²) in [4.78, 5) is 28.5. The van der Waals surface area contributed by atoms with E-state index in [4.69, 9.17) is 10.5 Å². The van der Waals surface area contributed by atoms with Crippen molar-refractivity contribution in [1.82, 2.24) is 4.90 Å². The third-order valence-corrected chi connectivity index (χ3v) is 2.74. The second kappa shape index (κ2) is 6.58. The molecule has 2 N–H and O–H groups in total. The van der Waals surface area contributed by atoms with E-state index in [-0.39, 0.29) is 18.0 Å². The summed E-state index contributed by atoms with van der Waals surface area (Å²) in [5.41, 5.74) is 5.16. The van der Waals surface area contributed by atoms with Gasteiger partial charge in [-0.1, -0.05) is 0 Å². The van der Waals surface area contributed by atoms with E-state index in [2.05, 4.69) is 9.73 Å². The normalized spacial score (nSPS) is 18.7. The molecule has 1 heterocycles. The molecule has 0 spiro atoms. The predicted octanol–water partition coefficient (Wildman–Crippen LogP) is 1.26. The number of aliphatic imine (C=N–C) groups is 1. The van der Waals surface area contributed by atoms with Crippen molar-refractivity contribution in [2.75, 3.05) is 13.7 Å². The number of nitrogens with zero attached hydrogens (tertiary/aromatic N) is 2. The highest BCUT2D eigenvalue weighted by atomic mass is 16.6. The van der Waals surface area contributed by atoms with Crippen LogP contribution >= 0.6 is 0 Å². The quantitative estimate of drug-likeness (QED) is 0.785. The lowest BCUT2D eigenvalue weighted by Crippen LogP contribution is -2.42. The first-order valence-electron chi connectivity index (χ1n) is 6.63. The molecule has 0 radical (unpaired) electrons. The number of esters is 1. The lowest BCUT2D eigenvalue weighted by atomic mass is 10.1. The zero-order chi connectivity index (χ0) is 15.3. The monoisotopic (exact) mass is 285 g/mol. The number of carbonyl (C=O) groups is 2. The zero-order valence-electron chi connectivity index (χ0n) is 12.5. The Morgan fingerprint density at radius 3 is 2.65 bits per heavy atom. The van der Waals surface area contributed by atoms with Crippen molar-refractivity contribution >= 4 is 18.0 Å². The van der Waals surface area contributed by atoms with Gasteiger partial charge in [-0.15, -0.1) is 0 Å². The minimum atomic E-state index is -0.569. The number of hydrogen-bond acceptors (Lipinski definition) is 6. The zero-order valence-corrected chi connectivity index (χ0v) is 12.5. The Bertz CT molecular complexity index is 401. The molecule has 1 amide bonds. The van der Waals surface area contributed by atoms with E-state index in [1.54, 1.807) is 20.8 Å². The van der Waals surface area contributed by atoms with E-state index in [1.807, 2.05) is 0 Å². The van der Waals surface area contributed by atoms with Gasteiger partial charge in [-0.25, -0.2) is 14.7 Å². The number of amides is 1. The number of ether oxygens (including phenoxy) is 2. The van der Waals surface area contributed by atoms with Crippen molar-refractivity contribution < 1.29 is 19.1 Å². The summed E-state index contributed by atoms with van der Waals surface area (Å²) >= 11 is 0. The summed E-state index contributed by atoms with van der Waals surface area (Å²) in [6.07, 6.45) is 1.18. The van der Waals surface area contributed by atoms with Crippen LogP contribution in [0, 0.1) is 0 Å². The topological polar surface area (TPSA) is 94.2 Å². The highest BCUT2D eigenvalue weighted by Crippen LogP contribution is 2.17. The van der Waals surface area contributed by atoms with Crippen LogP contribution in [0.1, 0.15) is 40.0 Å². The van der Waals surface area contributed by atoms with Gasteiger partial charge >= 0.3 is 12.1 Å². The molecule has 7 nitrogen and oxygen atoms in total. The molecular weight excluding hydrogens is 262 g/mol. The van der Waals surface area contributed by atoms with Crippen LogP contribution < -0.4 is 5.73 Å². The number of methoxy groups -OCH3 is 1. The molecule has 0 aromatic carbocycles. The minimum Gasteiger partial charge on any atom is -0.469 e.